The van der Waals surface area contributed by atoms with Gasteiger partial charge in [0, 0.05) is 10.2 Å². The summed E-state index contributed by atoms with van der Waals surface area (Å²) in [5, 5.41) is 9.06. The summed E-state index contributed by atoms with van der Waals surface area (Å²) in [6.45, 7) is -0.328. The van der Waals surface area contributed by atoms with Crippen LogP contribution >= 0.6 is 15.9 Å². The summed E-state index contributed by atoms with van der Waals surface area (Å²) in [6, 6.07) is 2.79. The van der Waals surface area contributed by atoms with Gasteiger partial charge in [-0.15, -0.1) is 0 Å². The summed E-state index contributed by atoms with van der Waals surface area (Å²) >= 11 is 3.06. The first-order valence-corrected chi connectivity index (χ1v) is 6.39. The Balaban J connectivity index is 2.54. The van der Waals surface area contributed by atoms with Crippen LogP contribution in [0, 0.1) is 0 Å². The van der Waals surface area contributed by atoms with E-state index in [-0.39, 0.29) is 12.3 Å². The zero-order valence-corrected chi connectivity index (χ0v) is 11.7. The third-order valence-corrected chi connectivity index (χ3v) is 3.19. The number of aliphatic hydroxyl groups is 1. The van der Waals surface area contributed by atoms with Crippen molar-refractivity contribution in [2.75, 3.05) is 6.61 Å². The van der Waals surface area contributed by atoms with Crippen LogP contribution in [-0.4, -0.2) is 21.3 Å². The second-order valence-electron chi connectivity index (χ2n) is 4.17. The fourth-order valence-corrected chi connectivity index (χ4v) is 2.25. The Labute approximate surface area is 121 Å². The van der Waals surface area contributed by atoms with Crippen LogP contribution in [0.4, 0.5) is 13.2 Å². The molecule has 0 bridgehead atoms. The maximum absolute atomic E-state index is 12.8. The molecule has 1 aromatic carbocycles. The molecule has 0 aliphatic rings. The van der Waals surface area contributed by atoms with Gasteiger partial charge in [0.2, 0.25) is 0 Å². The van der Waals surface area contributed by atoms with Crippen molar-refractivity contribution in [2.24, 2.45) is 5.73 Å². The second-order valence-corrected chi connectivity index (χ2v) is 5.09. The number of nitrogens with zero attached hydrogens (tertiary/aromatic N) is 2. The van der Waals surface area contributed by atoms with Gasteiger partial charge < -0.3 is 15.4 Å². The molecule has 1 unspecified atom stereocenters. The molecule has 2 aromatic rings. The van der Waals surface area contributed by atoms with Gasteiger partial charge in [0.15, 0.2) is 0 Å². The zero-order valence-electron chi connectivity index (χ0n) is 10.1. The molecule has 8 heteroatoms. The van der Waals surface area contributed by atoms with Crippen molar-refractivity contribution in [1.82, 2.24) is 9.55 Å². The number of hydrogen-bond donors (Lipinski definition) is 2. The van der Waals surface area contributed by atoms with Gasteiger partial charge in [-0.1, -0.05) is 15.9 Å². The standard InChI is InChI=1S/C12H11BrF3N3O/c13-8-1-7(12(14,15)16)2-9(3-8)19-6-18-4-11(19)10(17)5-20/h1-4,6,10,20H,5,17H2. The highest BCUT2D eigenvalue weighted by atomic mass is 79.9. The van der Waals surface area contributed by atoms with Crippen LogP contribution in [0.25, 0.3) is 5.69 Å². The SMILES string of the molecule is NC(CO)c1cncn1-c1cc(Br)cc(C(F)(F)F)c1. The lowest BCUT2D eigenvalue weighted by atomic mass is 10.1. The molecule has 0 amide bonds. The molecule has 3 N–H and O–H groups in total. The van der Waals surface area contributed by atoms with Gasteiger partial charge in [0.1, 0.15) is 0 Å². The van der Waals surface area contributed by atoms with Crippen LogP contribution in [-0.2, 0) is 6.18 Å². The van der Waals surface area contributed by atoms with Gasteiger partial charge in [0.25, 0.3) is 0 Å². The van der Waals surface area contributed by atoms with E-state index < -0.39 is 17.8 Å². The summed E-state index contributed by atoms with van der Waals surface area (Å²) in [5.74, 6) is 0. The van der Waals surface area contributed by atoms with Gasteiger partial charge in [-0.05, 0) is 18.2 Å². The number of halogens is 4. The van der Waals surface area contributed by atoms with Crippen LogP contribution in [0.15, 0.2) is 35.2 Å². The van der Waals surface area contributed by atoms with E-state index in [1.807, 2.05) is 0 Å². The third-order valence-electron chi connectivity index (χ3n) is 2.73. The lowest BCUT2D eigenvalue weighted by molar-refractivity contribution is -0.137. The monoisotopic (exact) mass is 349 g/mol. The average Bonchev–Trinajstić information content (AvgIpc) is 2.85. The van der Waals surface area contributed by atoms with Crippen molar-refractivity contribution in [3.8, 4) is 5.69 Å². The van der Waals surface area contributed by atoms with Gasteiger partial charge in [-0.25, -0.2) is 4.98 Å². The maximum atomic E-state index is 12.8. The van der Waals surface area contributed by atoms with Crippen LogP contribution < -0.4 is 5.73 Å². The number of alkyl halides is 3. The van der Waals surface area contributed by atoms with E-state index in [1.165, 1.54) is 23.2 Å². The number of imidazole rings is 1. The topological polar surface area (TPSA) is 64.1 Å². The lowest BCUT2D eigenvalue weighted by Crippen LogP contribution is -2.18. The van der Waals surface area contributed by atoms with Crippen molar-refractivity contribution in [2.45, 2.75) is 12.2 Å². The van der Waals surface area contributed by atoms with Crippen LogP contribution in [0.5, 0.6) is 0 Å². The number of aromatic nitrogens is 2. The minimum atomic E-state index is -4.45. The molecule has 0 aliphatic heterocycles. The van der Waals surface area contributed by atoms with Gasteiger partial charge in [0.05, 0.1) is 36.4 Å². The van der Waals surface area contributed by atoms with Gasteiger partial charge >= 0.3 is 6.18 Å². The quantitative estimate of drug-likeness (QED) is 0.895. The van der Waals surface area contributed by atoms with Crippen LogP contribution in [0.1, 0.15) is 17.3 Å². The third kappa shape index (κ3) is 3.02. The van der Waals surface area contributed by atoms with E-state index in [0.717, 1.165) is 12.1 Å². The molecule has 1 aromatic heterocycles. The summed E-state index contributed by atoms with van der Waals surface area (Å²) in [4.78, 5) is 3.86. The first kappa shape index (κ1) is 15.0. The number of hydrogen-bond acceptors (Lipinski definition) is 3. The number of rotatable bonds is 3. The predicted octanol–water partition coefficient (Wildman–Crippen LogP) is 2.65. The lowest BCUT2D eigenvalue weighted by Gasteiger charge is -2.15. The van der Waals surface area contributed by atoms with Crippen molar-refractivity contribution in [3.05, 3.63) is 46.5 Å². The van der Waals surface area contributed by atoms with Gasteiger partial charge in [-0.2, -0.15) is 13.2 Å². The Kier molecular flexibility index (Phi) is 4.17. The Morgan fingerprint density at radius 3 is 2.65 bits per heavy atom. The van der Waals surface area contributed by atoms with E-state index >= 15 is 0 Å². The van der Waals surface area contributed by atoms with Crippen molar-refractivity contribution in [3.63, 3.8) is 0 Å². The van der Waals surface area contributed by atoms with E-state index in [0.29, 0.717) is 10.2 Å². The van der Waals surface area contributed by atoms with E-state index in [4.69, 9.17) is 10.8 Å². The fraction of sp³-hybridized carbons (Fsp3) is 0.250. The largest absolute Gasteiger partial charge is 0.416 e. The minimum absolute atomic E-state index is 0.267. The molecule has 1 atom stereocenters. The van der Waals surface area contributed by atoms with E-state index in [9.17, 15) is 13.2 Å². The van der Waals surface area contributed by atoms with Gasteiger partial charge in [-0.3, -0.25) is 0 Å². The molecule has 20 heavy (non-hydrogen) atoms. The smallest absolute Gasteiger partial charge is 0.394 e. The zero-order chi connectivity index (χ0) is 14.9. The highest BCUT2D eigenvalue weighted by Crippen LogP contribution is 2.33. The minimum Gasteiger partial charge on any atom is -0.394 e. The Morgan fingerprint density at radius 1 is 1.35 bits per heavy atom. The molecular weight excluding hydrogens is 339 g/mol. The predicted molar refractivity (Wildman–Crippen MR) is 70.3 cm³/mol. The highest BCUT2D eigenvalue weighted by Gasteiger charge is 2.31. The Morgan fingerprint density at radius 2 is 2.05 bits per heavy atom. The number of aliphatic hydroxyl groups excluding tert-OH is 1. The number of nitrogens with two attached hydrogens (primary N) is 1. The molecule has 1 heterocycles. The molecule has 0 fully saturated rings. The molecule has 0 saturated carbocycles. The van der Waals surface area contributed by atoms with Crippen molar-refractivity contribution in [1.29, 1.82) is 0 Å². The molecule has 0 aliphatic carbocycles. The van der Waals surface area contributed by atoms with E-state index in [1.54, 1.807) is 0 Å². The normalized spacial score (nSPS) is 13.5. The molecule has 4 nitrogen and oxygen atoms in total. The van der Waals surface area contributed by atoms with Crippen LogP contribution in [0.2, 0.25) is 0 Å². The summed E-state index contributed by atoms with van der Waals surface area (Å²) in [5.41, 5.74) is 5.61. The second kappa shape index (κ2) is 5.55. The Bertz CT molecular complexity index is 612. The number of benzene rings is 1. The summed E-state index contributed by atoms with van der Waals surface area (Å²) < 4.78 is 40.1. The fourth-order valence-electron chi connectivity index (χ4n) is 1.77. The molecule has 108 valence electrons. The molecule has 0 spiro atoms. The maximum Gasteiger partial charge on any atom is 0.416 e. The average molecular weight is 350 g/mol. The summed E-state index contributed by atoms with van der Waals surface area (Å²) in [6.07, 6.45) is -1.68. The summed E-state index contributed by atoms with van der Waals surface area (Å²) in [7, 11) is 0. The molecular formula is C12H11BrF3N3O. The van der Waals surface area contributed by atoms with Crippen molar-refractivity contribution >= 4 is 15.9 Å². The first-order chi connectivity index (χ1) is 9.32. The molecule has 0 radical (unpaired) electrons. The molecule has 2 rings (SSSR count). The first-order valence-electron chi connectivity index (χ1n) is 5.59. The Hall–Kier alpha value is -1.38. The highest BCUT2D eigenvalue weighted by molar-refractivity contribution is 9.10. The van der Waals surface area contributed by atoms with Crippen LogP contribution in [0.3, 0.4) is 0 Å². The van der Waals surface area contributed by atoms with E-state index in [2.05, 4.69) is 20.9 Å². The van der Waals surface area contributed by atoms with Crippen molar-refractivity contribution < 1.29 is 18.3 Å². The molecule has 0 saturated heterocycles.